The monoisotopic (exact) mass is 662 g/mol. The van der Waals surface area contributed by atoms with Gasteiger partial charge in [0.25, 0.3) is 5.91 Å². The summed E-state index contributed by atoms with van der Waals surface area (Å²) in [6.45, 7) is 3.30. The lowest BCUT2D eigenvalue weighted by Gasteiger charge is -2.35. The SMILES string of the molecule is CCOC(=O)OC(C)OC(=O)c1ccc(NC(=O)C2c3ccccc3CCN2C(=O)/C=C/c2c(-n3cnnn3)ccc(Cl)c2F)cc1. The van der Waals surface area contributed by atoms with Crippen molar-refractivity contribution in [2.75, 3.05) is 18.5 Å². The van der Waals surface area contributed by atoms with Crippen molar-refractivity contribution < 1.29 is 37.8 Å². The number of hydrogen-bond acceptors (Lipinski definition) is 10. The van der Waals surface area contributed by atoms with Gasteiger partial charge in [0.2, 0.25) is 12.2 Å². The topological polar surface area (TPSA) is 155 Å². The second-order valence-electron chi connectivity index (χ2n) is 10.1. The van der Waals surface area contributed by atoms with E-state index in [-0.39, 0.29) is 35.0 Å². The zero-order chi connectivity index (χ0) is 33.5. The number of carbonyl (C=O) groups excluding carboxylic acids is 4. The van der Waals surface area contributed by atoms with Gasteiger partial charge in [-0.05, 0) is 77.4 Å². The number of carbonyl (C=O) groups is 4. The number of amides is 2. The molecule has 1 aliphatic heterocycles. The molecule has 0 bridgehead atoms. The van der Waals surface area contributed by atoms with Crippen molar-refractivity contribution >= 4 is 47.3 Å². The van der Waals surface area contributed by atoms with E-state index in [1.54, 1.807) is 19.1 Å². The molecule has 0 fully saturated rings. The fourth-order valence-corrected chi connectivity index (χ4v) is 5.12. The van der Waals surface area contributed by atoms with Crippen LogP contribution in [0, 0.1) is 5.82 Å². The van der Waals surface area contributed by atoms with Gasteiger partial charge < -0.3 is 24.4 Å². The number of esters is 1. The van der Waals surface area contributed by atoms with Gasteiger partial charge in [0, 0.05) is 30.8 Å². The van der Waals surface area contributed by atoms with Crippen LogP contribution >= 0.6 is 11.6 Å². The summed E-state index contributed by atoms with van der Waals surface area (Å²) in [6.07, 6.45) is 2.06. The summed E-state index contributed by atoms with van der Waals surface area (Å²) in [5, 5.41) is 13.6. The molecule has 2 unspecified atom stereocenters. The van der Waals surface area contributed by atoms with Crippen molar-refractivity contribution in [3.05, 3.63) is 106 Å². The van der Waals surface area contributed by atoms with Crippen LogP contribution in [-0.2, 0) is 30.2 Å². The van der Waals surface area contributed by atoms with E-state index in [9.17, 15) is 19.2 Å². The maximum Gasteiger partial charge on any atom is 0.511 e. The summed E-state index contributed by atoms with van der Waals surface area (Å²) in [5.74, 6) is -2.58. The quantitative estimate of drug-likeness (QED) is 0.149. The number of aromatic nitrogens is 4. The largest absolute Gasteiger partial charge is 0.511 e. The van der Waals surface area contributed by atoms with E-state index >= 15 is 4.39 Å². The second-order valence-corrected chi connectivity index (χ2v) is 10.5. The molecule has 2 heterocycles. The Morgan fingerprint density at radius 1 is 1.09 bits per heavy atom. The summed E-state index contributed by atoms with van der Waals surface area (Å²) >= 11 is 6.02. The minimum absolute atomic E-state index is 0.0166. The van der Waals surface area contributed by atoms with Gasteiger partial charge in [-0.3, -0.25) is 9.59 Å². The number of hydrogen-bond donors (Lipinski definition) is 1. The predicted octanol–water partition coefficient (Wildman–Crippen LogP) is 4.91. The van der Waals surface area contributed by atoms with E-state index in [0.29, 0.717) is 17.7 Å². The van der Waals surface area contributed by atoms with Crippen molar-refractivity contribution in [2.24, 2.45) is 0 Å². The Hall–Kier alpha value is -5.63. The Balaban J connectivity index is 1.34. The molecule has 0 spiro atoms. The van der Waals surface area contributed by atoms with Crippen LogP contribution in [0.15, 0.2) is 73.1 Å². The first kappa shape index (κ1) is 32.8. The standard InChI is InChI=1S/C32H28ClFN6O7/c1-3-45-32(44)47-19(2)46-31(43)21-8-10-22(11-9-21)36-30(42)29-23-7-5-4-6-20(23)16-17-39(29)27(41)15-12-24-26(40-18-35-37-38-40)14-13-25(33)28(24)34/h4-15,18-19,29H,3,16-17H2,1-2H3,(H,36,42)/b15-12+. The highest BCUT2D eigenvalue weighted by atomic mass is 35.5. The molecule has 1 N–H and O–H groups in total. The molecule has 0 saturated heterocycles. The van der Waals surface area contributed by atoms with E-state index in [1.807, 2.05) is 12.1 Å². The van der Waals surface area contributed by atoms with Crippen LogP contribution in [-0.4, -0.2) is 68.5 Å². The minimum atomic E-state index is -1.19. The van der Waals surface area contributed by atoms with Crippen LogP contribution in [0.5, 0.6) is 0 Å². The van der Waals surface area contributed by atoms with E-state index in [0.717, 1.165) is 5.56 Å². The zero-order valence-corrected chi connectivity index (χ0v) is 25.9. The van der Waals surface area contributed by atoms with Gasteiger partial charge in [-0.2, -0.15) is 4.68 Å². The number of nitrogens with one attached hydrogen (secondary N) is 1. The minimum Gasteiger partial charge on any atom is -0.435 e. The number of nitrogens with zero attached hydrogens (tertiary/aromatic N) is 5. The predicted molar refractivity (Wildman–Crippen MR) is 166 cm³/mol. The molecule has 15 heteroatoms. The molecule has 242 valence electrons. The Kier molecular flexibility index (Phi) is 10.2. The first-order valence-electron chi connectivity index (χ1n) is 14.4. The number of tetrazole rings is 1. The molecule has 47 heavy (non-hydrogen) atoms. The molecule has 2 atom stereocenters. The normalized spacial score (nSPS) is 14.6. The van der Waals surface area contributed by atoms with Crippen LogP contribution < -0.4 is 5.32 Å². The maximum absolute atomic E-state index is 15.1. The molecule has 0 aliphatic carbocycles. The number of rotatable bonds is 9. The van der Waals surface area contributed by atoms with Crippen molar-refractivity contribution in [1.82, 2.24) is 25.1 Å². The molecule has 4 aromatic rings. The lowest BCUT2D eigenvalue weighted by molar-refractivity contribution is -0.135. The second kappa shape index (κ2) is 14.6. The van der Waals surface area contributed by atoms with Gasteiger partial charge in [0.15, 0.2) is 5.82 Å². The van der Waals surface area contributed by atoms with Gasteiger partial charge in [-0.15, -0.1) is 5.10 Å². The first-order valence-corrected chi connectivity index (χ1v) is 14.8. The average molecular weight is 663 g/mol. The highest BCUT2D eigenvalue weighted by molar-refractivity contribution is 6.31. The zero-order valence-electron chi connectivity index (χ0n) is 25.1. The lowest BCUT2D eigenvalue weighted by Crippen LogP contribution is -2.44. The molecular formula is C32H28ClFN6O7. The Morgan fingerprint density at radius 3 is 2.57 bits per heavy atom. The fourth-order valence-electron chi connectivity index (χ4n) is 4.95. The molecule has 3 aromatic carbocycles. The Bertz CT molecular complexity index is 1820. The smallest absolute Gasteiger partial charge is 0.435 e. The average Bonchev–Trinajstić information content (AvgIpc) is 3.60. The van der Waals surface area contributed by atoms with Crippen molar-refractivity contribution in [3.63, 3.8) is 0 Å². The van der Waals surface area contributed by atoms with E-state index in [2.05, 4.69) is 25.6 Å². The maximum atomic E-state index is 15.1. The van der Waals surface area contributed by atoms with E-state index < -0.39 is 42.1 Å². The first-order chi connectivity index (χ1) is 22.7. The molecule has 0 radical (unpaired) electrons. The van der Waals surface area contributed by atoms with Crippen LogP contribution in [0.2, 0.25) is 5.02 Å². The van der Waals surface area contributed by atoms with Crippen molar-refractivity contribution in [3.8, 4) is 5.69 Å². The molecule has 2 amide bonds. The third kappa shape index (κ3) is 7.61. The van der Waals surface area contributed by atoms with Crippen LogP contribution in [0.3, 0.4) is 0 Å². The Labute approximate surface area is 272 Å². The van der Waals surface area contributed by atoms with Crippen LogP contribution in [0.1, 0.15) is 46.9 Å². The number of ether oxygens (including phenoxy) is 3. The van der Waals surface area contributed by atoms with Gasteiger partial charge >= 0.3 is 12.1 Å². The van der Waals surface area contributed by atoms with Gasteiger partial charge in [-0.25, -0.2) is 14.0 Å². The van der Waals surface area contributed by atoms with Crippen molar-refractivity contribution in [2.45, 2.75) is 32.6 Å². The number of halogens is 2. The van der Waals surface area contributed by atoms with Crippen LogP contribution in [0.25, 0.3) is 11.8 Å². The third-order valence-electron chi connectivity index (χ3n) is 7.10. The molecule has 1 aromatic heterocycles. The summed E-state index contributed by atoms with van der Waals surface area (Å²) in [6, 6.07) is 15.0. The lowest BCUT2D eigenvalue weighted by atomic mass is 9.91. The van der Waals surface area contributed by atoms with Gasteiger partial charge in [0.1, 0.15) is 12.4 Å². The number of fused-ring (bicyclic) bond motifs is 1. The molecule has 13 nitrogen and oxygen atoms in total. The summed E-state index contributed by atoms with van der Waals surface area (Å²) in [7, 11) is 0. The summed E-state index contributed by atoms with van der Waals surface area (Å²) in [4.78, 5) is 52.7. The summed E-state index contributed by atoms with van der Waals surface area (Å²) < 4.78 is 30.9. The van der Waals surface area contributed by atoms with E-state index in [1.165, 1.54) is 71.4 Å². The molecular weight excluding hydrogens is 635 g/mol. The highest BCUT2D eigenvalue weighted by Crippen LogP contribution is 2.32. The molecule has 0 saturated carbocycles. The third-order valence-corrected chi connectivity index (χ3v) is 7.39. The number of anilines is 1. The van der Waals surface area contributed by atoms with Crippen molar-refractivity contribution in [1.29, 1.82) is 0 Å². The van der Waals surface area contributed by atoms with Gasteiger partial charge in [-0.1, -0.05) is 35.9 Å². The summed E-state index contributed by atoms with van der Waals surface area (Å²) in [5.41, 5.74) is 2.27. The molecule has 1 aliphatic rings. The van der Waals surface area contributed by atoms with Crippen LogP contribution in [0.4, 0.5) is 14.9 Å². The van der Waals surface area contributed by atoms with Gasteiger partial charge in [0.05, 0.1) is 22.9 Å². The number of benzene rings is 3. The highest BCUT2D eigenvalue weighted by Gasteiger charge is 2.35. The fraction of sp³-hybridized carbons (Fsp3) is 0.219. The van der Waals surface area contributed by atoms with E-state index in [4.69, 9.17) is 21.1 Å². The molecule has 5 rings (SSSR count). The Morgan fingerprint density at radius 2 is 1.85 bits per heavy atom.